The molecule has 1 fully saturated rings. The Kier molecular flexibility index (Phi) is 6.34. The van der Waals surface area contributed by atoms with E-state index < -0.39 is 0 Å². The quantitative estimate of drug-likeness (QED) is 0.791. The first-order valence-electron chi connectivity index (χ1n) is 8.97. The van der Waals surface area contributed by atoms with Crippen LogP contribution in [-0.2, 0) is 4.79 Å². The van der Waals surface area contributed by atoms with Gasteiger partial charge in [0.25, 0.3) is 5.91 Å². The van der Waals surface area contributed by atoms with Gasteiger partial charge in [0, 0.05) is 31.1 Å². The molecule has 0 aliphatic carbocycles. The van der Waals surface area contributed by atoms with E-state index in [1.807, 2.05) is 34.5 Å². The molecule has 1 aromatic heterocycles. The molecule has 0 bridgehead atoms. The van der Waals surface area contributed by atoms with Gasteiger partial charge in [-0.2, -0.15) is 0 Å². The molecule has 0 spiro atoms. The summed E-state index contributed by atoms with van der Waals surface area (Å²) < 4.78 is 10.8. The summed E-state index contributed by atoms with van der Waals surface area (Å²) in [7, 11) is 3.24. The van der Waals surface area contributed by atoms with Crippen LogP contribution in [0.3, 0.4) is 0 Å². The second-order valence-corrected chi connectivity index (χ2v) is 7.28. The number of thiophene rings is 1. The SMILES string of the molecule is COc1ccc(C2CCCN2C(=O)CCNC(=O)c2cccs2)c(OC)c1. The molecule has 1 unspecified atom stereocenters. The average molecular weight is 388 g/mol. The lowest BCUT2D eigenvalue weighted by atomic mass is 10.0. The molecule has 1 aliphatic heterocycles. The molecule has 144 valence electrons. The standard InChI is InChI=1S/C20H24N2O4S/c1-25-14-7-8-15(17(13-14)26-2)16-5-3-11-22(16)19(23)9-10-21-20(24)18-6-4-12-27-18/h4,6-8,12-13,16H,3,5,9-11H2,1-2H3,(H,21,24). The zero-order chi connectivity index (χ0) is 19.2. The average Bonchev–Trinajstić information content (AvgIpc) is 3.39. The Labute approximate surface area is 163 Å². The molecule has 2 heterocycles. The molecule has 0 saturated carbocycles. The highest BCUT2D eigenvalue weighted by molar-refractivity contribution is 7.12. The van der Waals surface area contributed by atoms with Gasteiger partial charge in [-0.25, -0.2) is 0 Å². The third-order valence-corrected chi connectivity index (χ3v) is 5.61. The van der Waals surface area contributed by atoms with E-state index in [9.17, 15) is 9.59 Å². The first-order valence-corrected chi connectivity index (χ1v) is 9.85. The highest BCUT2D eigenvalue weighted by Gasteiger charge is 2.31. The maximum Gasteiger partial charge on any atom is 0.261 e. The third-order valence-electron chi connectivity index (χ3n) is 4.74. The second kappa shape index (κ2) is 8.90. The van der Waals surface area contributed by atoms with Gasteiger partial charge in [-0.05, 0) is 36.4 Å². The summed E-state index contributed by atoms with van der Waals surface area (Å²) in [5, 5.41) is 4.67. The number of carbonyl (C=O) groups excluding carboxylic acids is 2. The zero-order valence-electron chi connectivity index (χ0n) is 15.6. The van der Waals surface area contributed by atoms with Crippen molar-refractivity contribution in [1.82, 2.24) is 10.2 Å². The number of carbonyl (C=O) groups is 2. The summed E-state index contributed by atoms with van der Waals surface area (Å²) in [6.07, 6.45) is 2.13. The number of nitrogens with one attached hydrogen (secondary N) is 1. The maximum atomic E-state index is 12.7. The predicted octanol–water partition coefficient (Wildman–Crippen LogP) is 3.25. The Hall–Kier alpha value is -2.54. The molecule has 3 rings (SSSR count). The third kappa shape index (κ3) is 4.42. The Morgan fingerprint density at radius 3 is 2.81 bits per heavy atom. The van der Waals surface area contributed by atoms with Gasteiger partial charge in [-0.3, -0.25) is 9.59 Å². The number of likely N-dealkylation sites (tertiary alicyclic amines) is 1. The molecule has 6 nitrogen and oxygen atoms in total. The van der Waals surface area contributed by atoms with Crippen LogP contribution in [0.2, 0.25) is 0 Å². The molecule has 1 aromatic carbocycles. The molecular weight excluding hydrogens is 364 g/mol. The molecule has 0 radical (unpaired) electrons. The van der Waals surface area contributed by atoms with Crippen LogP contribution in [-0.4, -0.2) is 44.0 Å². The van der Waals surface area contributed by atoms with Crippen molar-refractivity contribution in [2.75, 3.05) is 27.3 Å². The summed E-state index contributed by atoms with van der Waals surface area (Å²) in [6, 6.07) is 9.30. The Morgan fingerprint density at radius 2 is 2.11 bits per heavy atom. The highest BCUT2D eigenvalue weighted by Crippen LogP contribution is 2.38. The van der Waals surface area contributed by atoms with Gasteiger partial charge in [0.05, 0.1) is 25.1 Å². The van der Waals surface area contributed by atoms with Crippen LogP contribution in [0.4, 0.5) is 0 Å². The van der Waals surface area contributed by atoms with Gasteiger partial charge in [0.2, 0.25) is 5.91 Å². The topological polar surface area (TPSA) is 67.9 Å². The summed E-state index contributed by atoms with van der Waals surface area (Å²) in [5.41, 5.74) is 0.992. The zero-order valence-corrected chi connectivity index (χ0v) is 16.4. The van der Waals surface area contributed by atoms with E-state index in [0.29, 0.717) is 11.4 Å². The van der Waals surface area contributed by atoms with Crippen molar-refractivity contribution in [3.05, 3.63) is 46.2 Å². The van der Waals surface area contributed by atoms with Crippen molar-refractivity contribution in [2.24, 2.45) is 0 Å². The minimum atomic E-state index is -0.132. The van der Waals surface area contributed by atoms with Crippen molar-refractivity contribution >= 4 is 23.2 Å². The van der Waals surface area contributed by atoms with Crippen molar-refractivity contribution in [3.8, 4) is 11.5 Å². The van der Waals surface area contributed by atoms with Crippen LogP contribution in [0.5, 0.6) is 11.5 Å². The fraction of sp³-hybridized carbons (Fsp3) is 0.400. The molecule has 27 heavy (non-hydrogen) atoms. The second-order valence-electron chi connectivity index (χ2n) is 6.34. The van der Waals surface area contributed by atoms with Gasteiger partial charge in [0.1, 0.15) is 11.5 Å². The van der Waals surface area contributed by atoms with E-state index in [2.05, 4.69) is 5.32 Å². The number of benzene rings is 1. The van der Waals surface area contributed by atoms with E-state index >= 15 is 0 Å². The minimum absolute atomic E-state index is 0.00801. The summed E-state index contributed by atoms with van der Waals surface area (Å²) in [6.45, 7) is 1.05. The fourth-order valence-electron chi connectivity index (χ4n) is 3.40. The molecule has 1 saturated heterocycles. The van der Waals surface area contributed by atoms with Gasteiger partial charge in [-0.1, -0.05) is 6.07 Å². The molecule has 7 heteroatoms. The van der Waals surface area contributed by atoms with Crippen molar-refractivity contribution in [3.63, 3.8) is 0 Å². The lowest BCUT2D eigenvalue weighted by Gasteiger charge is -2.26. The lowest BCUT2D eigenvalue weighted by Crippen LogP contribution is -2.34. The summed E-state index contributed by atoms with van der Waals surface area (Å²) in [5.74, 6) is 1.36. The fourth-order valence-corrected chi connectivity index (χ4v) is 4.04. The van der Waals surface area contributed by atoms with Crippen LogP contribution in [0.15, 0.2) is 35.7 Å². The minimum Gasteiger partial charge on any atom is -0.497 e. The summed E-state index contributed by atoms with van der Waals surface area (Å²) >= 11 is 1.39. The number of hydrogen-bond acceptors (Lipinski definition) is 5. The largest absolute Gasteiger partial charge is 0.497 e. The molecule has 1 aliphatic rings. The molecule has 2 amide bonds. The van der Waals surface area contributed by atoms with E-state index in [1.165, 1.54) is 11.3 Å². The van der Waals surface area contributed by atoms with Crippen LogP contribution in [0.25, 0.3) is 0 Å². The van der Waals surface area contributed by atoms with E-state index in [-0.39, 0.29) is 24.3 Å². The Balaban J connectivity index is 1.62. The Morgan fingerprint density at radius 1 is 1.26 bits per heavy atom. The Bertz CT molecular complexity index is 791. The molecule has 2 aromatic rings. The number of ether oxygens (including phenoxy) is 2. The number of methoxy groups -OCH3 is 2. The number of rotatable bonds is 7. The van der Waals surface area contributed by atoms with Crippen LogP contribution in [0, 0.1) is 0 Å². The monoisotopic (exact) mass is 388 g/mol. The lowest BCUT2D eigenvalue weighted by molar-refractivity contribution is -0.132. The van der Waals surface area contributed by atoms with Gasteiger partial charge in [0.15, 0.2) is 0 Å². The van der Waals surface area contributed by atoms with E-state index in [1.54, 1.807) is 20.3 Å². The van der Waals surface area contributed by atoms with Gasteiger partial charge >= 0.3 is 0 Å². The van der Waals surface area contributed by atoms with E-state index in [4.69, 9.17) is 9.47 Å². The highest BCUT2D eigenvalue weighted by atomic mass is 32.1. The predicted molar refractivity (Wildman–Crippen MR) is 105 cm³/mol. The molecule has 1 atom stereocenters. The van der Waals surface area contributed by atoms with Crippen molar-refractivity contribution in [1.29, 1.82) is 0 Å². The normalized spacial score (nSPS) is 16.2. The first-order chi connectivity index (χ1) is 13.1. The molecule has 1 N–H and O–H groups in total. The van der Waals surface area contributed by atoms with Crippen molar-refractivity contribution in [2.45, 2.75) is 25.3 Å². The van der Waals surface area contributed by atoms with E-state index in [0.717, 1.165) is 36.4 Å². The number of hydrogen-bond donors (Lipinski definition) is 1. The van der Waals surface area contributed by atoms with Crippen LogP contribution in [0.1, 0.15) is 40.5 Å². The maximum absolute atomic E-state index is 12.7. The summed E-state index contributed by atoms with van der Waals surface area (Å²) in [4.78, 5) is 27.3. The van der Waals surface area contributed by atoms with Crippen molar-refractivity contribution < 1.29 is 19.1 Å². The smallest absolute Gasteiger partial charge is 0.261 e. The van der Waals surface area contributed by atoms with Gasteiger partial charge < -0.3 is 19.7 Å². The first kappa shape index (κ1) is 19.2. The number of nitrogens with zero attached hydrogens (tertiary/aromatic N) is 1. The van der Waals surface area contributed by atoms with Crippen LogP contribution < -0.4 is 14.8 Å². The number of amides is 2. The molecular formula is C20H24N2O4S. The van der Waals surface area contributed by atoms with Crippen LogP contribution >= 0.6 is 11.3 Å². The van der Waals surface area contributed by atoms with Gasteiger partial charge in [-0.15, -0.1) is 11.3 Å².